The Bertz CT molecular complexity index is 393. The number of likely N-dealkylation sites (N-methyl/N-ethyl adjacent to an activating group) is 1. The second-order valence-electron chi connectivity index (χ2n) is 4.86. The molecule has 0 amide bonds. The van der Waals surface area contributed by atoms with Crippen LogP contribution in [0.1, 0.15) is 20.8 Å². The van der Waals surface area contributed by atoms with Gasteiger partial charge in [-0.1, -0.05) is 6.58 Å². The van der Waals surface area contributed by atoms with Crippen molar-refractivity contribution < 1.29 is 31.5 Å². The molecule has 0 saturated heterocycles. The zero-order valence-electron chi connectivity index (χ0n) is 12.0. The van der Waals surface area contributed by atoms with Gasteiger partial charge in [0.05, 0.1) is 20.6 Å². The maximum atomic E-state index is 11.2. The summed E-state index contributed by atoms with van der Waals surface area (Å²) in [6, 6.07) is 0. The molecule has 0 aromatic carbocycles. The van der Waals surface area contributed by atoms with Crippen LogP contribution < -0.4 is 0 Å². The standard InChI is InChI=1S/C11H22NO2.H2O4S/c1-7-12(5,6)8-10(4)14-11(13)9(2)3;1-5(2,3)4/h10H,2,7-8H2,1,3-6H3;(H2,1,2,3,4)/q+1;/p-1. The Morgan fingerprint density at radius 3 is 2.11 bits per heavy atom. The molecule has 114 valence electrons. The zero-order chi connectivity index (χ0) is 15.9. The number of hydrogen-bond donors (Lipinski definition) is 1. The molecule has 7 nitrogen and oxygen atoms in total. The van der Waals surface area contributed by atoms with Gasteiger partial charge in [0.2, 0.25) is 10.4 Å². The molecule has 0 aliphatic rings. The van der Waals surface area contributed by atoms with Gasteiger partial charge in [-0.3, -0.25) is 4.55 Å². The van der Waals surface area contributed by atoms with Crippen molar-refractivity contribution in [2.24, 2.45) is 0 Å². The minimum Gasteiger partial charge on any atom is -0.726 e. The molecule has 1 unspecified atom stereocenters. The summed E-state index contributed by atoms with van der Waals surface area (Å²) in [4.78, 5) is 11.2. The average molecular weight is 297 g/mol. The van der Waals surface area contributed by atoms with Crippen LogP contribution in [0.25, 0.3) is 0 Å². The van der Waals surface area contributed by atoms with E-state index in [0.29, 0.717) is 5.57 Å². The Balaban J connectivity index is 0. The van der Waals surface area contributed by atoms with Crippen molar-refractivity contribution in [3.63, 3.8) is 0 Å². The van der Waals surface area contributed by atoms with Gasteiger partial charge in [-0.05, 0) is 20.8 Å². The van der Waals surface area contributed by atoms with Crippen LogP contribution in [0.15, 0.2) is 12.2 Å². The van der Waals surface area contributed by atoms with E-state index in [1.807, 2.05) is 6.92 Å². The van der Waals surface area contributed by atoms with Gasteiger partial charge in [0.15, 0.2) is 0 Å². The second kappa shape index (κ2) is 8.26. The molecule has 0 rings (SSSR count). The smallest absolute Gasteiger partial charge is 0.333 e. The molecule has 0 aromatic rings. The highest BCUT2D eigenvalue weighted by atomic mass is 32.3. The molecule has 19 heavy (non-hydrogen) atoms. The first kappa shape index (κ1) is 20.4. The largest absolute Gasteiger partial charge is 0.726 e. The first-order chi connectivity index (χ1) is 8.28. The highest BCUT2D eigenvalue weighted by Gasteiger charge is 2.19. The number of quaternary nitrogens is 1. The van der Waals surface area contributed by atoms with E-state index in [1.54, 1.807) is 6.92 Å². The molecule has 0 fully saturated rings. The molecule has 0 aromatic heterocycles. The van der Waals surface area contributed by atoms with Crippen LogP contribution in [0.3, 0.4) is 0 Å². The first-order valence-electron chi connectivity index (χ1n) is 5.65. The fourth-order valence-corrected chi connectivity index (χ4v) is 1.15. The van der Waals surface area contributed by atoms with Gasteiger partial charge >= 0.3 is 5.97 Å². The fourth-order valence-electron chi connectivity index (χ4n) is 1.15. The fraction of sp³-hybridized carbons (Fsp3) is 0.727. The Hall–Kier alpha value is -0.960. The van der Waals surface area contributed by atoms with Gasteiger partial charge < -0.3 is 13.8 Å². The third kappa shape index (κ3) is 17.0. The molecule has 0 spiro atoms. The summed E-state index contributed by atoms with van der Waals surface area (Å²) < 4.78 is 38.9. The third-order valence-corrected chi connectivity index (χ3v) is 2.26. The van der Waals surface area contributed by atoms with Gasteiger partial charge in [0.1, 0.15) is 12.6 Å². The van der Waals surface area contributed by atoms with Gasteiger partial charge in [-0.25, -0.2) is 13.2 Å². The Labute approximate surface area is 115 Å². The van der Waals surface area contributed by atoms with Gasteiger partial charge in [0.25, 0.3) is 0 Å². The monoisotopic (exact) mass is 297 g/mol. The summed E-state index contributed by atoms with van der Waals surface area (Å²) >= 11 is 0. The number of nitrogens with zero attached hydrogens (tertiary/aromatic N) is 1. The van der Waals surface area contributed by atoms with E-state index in [2.05, 4.69) is 27.6 Å². The summed E-state index contributed by atoms with van der Waals surface area (Å²) in [6.45, 7) is 11.1. The lowest BCUT2D eigenvalue weighted by Crippen LogP contribution is -2.45. The van der Waals surface area contributed by atoms with Gasteiger partial charge in [0, 0.05) is 5.57 Å². The summed E-state index contributed by atoms with van der Waals surface area (Å²) in [5, 5.41) is 0. The minimum atomic E-state index is -4.92. The Morgan fingerprint density at radius 1 is 1.47 bits per heavy atom. The quantitative estimate of drug-likeness (QED) is 0.262. The zero-order valence-corrected chi connectivity index (χ0v) is 12.9. The predicted molar refractivity (Wildman–Crippen MR) is 70.2 cm³/mol. The molecule has 0 heterocycles. The lowest BCUT2D eigenvalue weighted by molar-refractivity contribution is -0.891. The Kier molecular flexibility index (Phi) is 8.85. The number of carbonyl (C=O) groups excluding carboxylic acids is 1. The number of rotatable bonds is 5. The van der Waals surface area contributed by atoms with E-state index in [0.717, 1.165) is 17.6 Å². The number of ether oxygens (including phenoxy) is 1. The first-order valence-corrected chi connectivity index (χ1v) is 7.01. The highest BCUT2D eigenvalue weighted by molar-refractivity contribution is 7.79. The molecule has 0 radical (unpaired) electrons. The van der Waals surface area contributed by atoms with Crippen LogP contribution >= 0.6 is 0 Å². The van der Waals surface area contributed by atoms with E-state index >= 15 is 0 Å². The van der Waals surface area contributed by atoms with E-state index in [4.69, 9.17) is 22.3 Å². The van der Waals surface area contributed by atoms with Crippen LogP contribution in [-0.2, 0) is 19.9 Å². The number of carbonyl (C=O) groups is 1. The summed E-state index contributed by atoms with van der Waals surface area (Å²) in [5.74, 6) is -0.298. The van der Waals surface area contributed by atoms with Crippen LogP contribution in [0.4, 0.5) is 0 Å². The maximum absolute atomic E-state index is 11.2. The molecule has 1 N–H and O–H groups in total. The van der Waals surface area contributed by atoms with E-state index in [1.165, 1.54) is 0 Å². The SMILES string of the molecule is C=C(C)C(=O)OC(C)C[N+](C)(C)CC.O=S(=O)([O-])O. The van der Waals surface area contributed by atoms with Crippen LogP contribution in [0.2, 0.25) is 0 Å². The predicted octanol–water partition coefficient (Wildman–Crippen LogP) is 0.595. The van der Waals surface area contributed by atoms with Gasteiger partial charge in [-0.15, -0.1) is 0 Å². The van der Waals surface area contributed by atoms with Crippen molar-refractivity contribution >= 4 is 16.4 Å². The van der Waals surface area contributed by atoms with Crippen molar-refractivity contribution in [3.8, 4) is 0 Å². The molecular formula is C11H23NO6S. The lowest BCUT2D eigenvalue weighted by atomic mass is 10.3. The van der Waals surface area contributed by atoms with Crippen molar-refractivity contribution in [1.29, 1.82) is 0 Å². The molecule has 8 heteroatoms. The van der Waals surface area contributed by atoms with Crippen LogP contribution in [-0.4, -0.2) is 61.3 Å². The highest BCUT2D eigenvalue weighted by Crippen LogP contribution is 2.04. The third-order valence-electron chi connectivity index (χ3n) is 2.26. The van der Waals surface area contributed by atoms with Crippen molar-refractivity contribution in [3.05, 3.63) is 12.2 Å². The van der Waals surface area contributed by atoms with Crippen molar-refractivity contribution in [1.82, 2.24) is 0 Å². The lowest BCUT2D eigenvalue weighted by Gasteiger charge is -2.30. The molecule has 0 aliphatic heterocycles. The Morgan fingerprint density at radius 2 is 1.84 bits per heavy atom. The van der Waals surface area contributed by atoms with Crippen LogP contribution in [0.5, 0.6) is 0 Å². The normalized spacial score (nSPS) is 13.0. The van der Waals surface area contributed by atoms with E-state index in [-0.39, 0.29) is 12.1 Å². The molecule has 0 bridgehead atoms. The molecular weight excluding hydrogens is 274 g/mol. The average Bonchev–Trinajstić information content (AvgIpc) is 2.13. The van der Waals surface area contributed by atoms with E-state index in [9.17, 15) is 4.79 Å². The molecule has 0 aliphatic carbocycles. The second-order valence-corrected chi connectivity index (χ2v) is 5.71. The van der Waals surface area contributed by atoms with Crippen molar-refractivity contribution in [2.75, 3.05) is 27.2 Å². The summed E-state index contributed by atoms with van der Waals surface area (Å²) in [5.41, 5.74) is 0.457. The topological polar surface area (TPSA) is 104 Å². The maximum Gasteiger partial charge on any atom is 0.333 e. The van der Waals surface area contributed by atoms with Crippen LogP contribution in [0, 0.1) is 0 Å². The van der Waals surface area contributed by atoms with E-state index < -0.39 is 10.4 Å². The van der Waals surface area contributed by atoms with Gasteiger partial charge in [-0.2, -0.15) is 0 Å². The molecule has 0 saturated carbocycles. The minimum absolute atomic E-state index is 0.0610. The van der Waals surface area contributed by atoms with Crippen molar-refractivity contribution in [2.45, 2.75) is 26.9 Å². The summed E-state index contributed by atoms with van der Waals surface area (Å²) in [6.07, 6.45) is -0.0610. The molecule has 1 atom stereocenters. The summed E-state index contributed by atoms with van der Waals surface area (Å²) in [7, 11) is -0.684. The number of esters is 1. The number of hydrogen-bond acceptors (Lipinski definition) is 5.